The van der Waals surface area contributed by atoms with E-state index in [0.717, 1.165) is 0 Å². The predicted molar refractivity (Wildman–Crippen MR) is 114 cm³/mol. The molecular weight excluding hydrogens is 437 g/mol. The largest absolute Gasteiger partial charge is 0.482 e. The number of fused-ring (bicyclic) bond motifs is 1. The van der Waals surface area contributed by atoms with Crippen LogP contribution in [0.2, 0.25) is 5.02 Å². The zero-order valence-corrected chi connectivity index (χ0v) is 17.3. The molecule has 0 unspecified atom stereocenters. The molecule has 160 valence electrons. The Morgan fingerprint density at radius 3 is 2.50 bits per heavy atom. The average molecular weight is 452 g/mol. The van der Waals surface area contributed by atoms with Gasteiger partial charge in [-0.1, -0.05) is 16.8 Å². The number of aromatic nitrogens is 2. The second-order valence-corrected chi connectivity index (χ2v) is 7.41. The molecule has 32 heavy (non-hydrogen) atoms. The van der Waals surface area contributed by atoms with Crippen LogP contribution in [0.4, 0.5) is 10.1 Å². The van der Waals surface area contributed by atoms with Crippen molar-refractivity contribution in [1.82, 2.24) is 10.1 Å². The number of ether oxygens (including phenoxy) is 2. The van der Waals surface area contributed by atoms with E-state index in [2.05, 4.69) is 10.1 Å². The van der Waals surface area contributed by atoms with E-state index < -0.39 is 0 Å². The van der Waals surface area contributed by atoms with Crippen molar-refractivity contribution in [3.8, 4) is 28.6 Å². The van der Waals surface area contributed by atoms with E-state index in [0.29, 0.717) is 39.3 Å². The molecule has 3 aromatic carbocycles. The summed E-state index contributed by atoms with van der Waals surface area (Å²) in [6.45, 7) is 0.0133. The number of amides is 1. The lowest BCUT2D eigenvalue weighted by atomic mass is 10.2. The van der Waals surface area contributed by atoms with Crippen molar-refractivity contribution < 1.29 is 23.2 Å². The van der Waals surface area contributed by atoms with Gasteiger partial charge >= 0.3 is 0 Å². The molecule has 0 radical (unpaired) electrons. The van der Waals surface area contributed by atoms with E-state index in [-0.39, 0.29) is 30.8 Å². The van der Waals surface area contributed by atoms with Crippen LogP contribution in [0, 0.1) is 5.82 Å². The van der Waals surface area contributed by atoms with Crippen molar-refractivity contribution in [2.24, 2.45) is 0 Å². The number of rotatable bonds is 5. The van der Waals surface area contributed by atoms with Crippen LogP contribution in [0.1, 0.15) is 5.89 Å². The highest BCUT2D eigenvalue weighted by molar-refractivity contribution is 6.31. The van der Waals surface area contributed by atoms with Crippen molar-refractivity contribution >= 4 is 23.2 Å². The molecule has 0 saturated carbocycles. The van der Waals surface area contributed by atoms with E-state index in [1.807, 2.05) is 0 Å². The van der Waals surface area contributed by atoms with Gasteiger partial charge in [-0.3, -0.25) is 9.69 Å². The molecule has 1 amide bonds. The number of hydrogen-bond acceptors (Lipinski definition) is 6. The molecular formula is C23H15ClFN3O4. The molecule has 1 aliphatic rings. The van der Waals surface area contributed by atoms with Gasteiger partial charge in [-0.2, -0.15) is 4.98 Å². The fourth-order valence-corrected chi connectivity index (χ4v) is 3.40. The smallest absolute Gasteiger partial charge is 0.265 e. The van der Waals surface area contributed by atoms with Gasteiger partial charge in [-0.05, 0) is 66.7 Å². The third-order valence-electron chi connectivity index (χ3n) is 4.79. The van der Waals surface area contributed by atoms with Crippen molar-refractivity contribution in [1.29, 1.82) is 0 Å². The molecule has 0 aliphatic carbocycles. The van der Waals surface area contributed by atoms with Crippen LogP contribution >= 0.6 is 11.6 Å². The lowest BCUT2D eigenvalue weighted by Crippen LogP contribution is -2.38. The van der Waals surface area contributed by atoms with Gasteiger partial charge in [0.25, 0.3) is 5.91 Å². The van der Waals surface area contributed by atoms with E-state index in [9.17, 15) is 9.18 Å². The minimum Gasteiger partial charge on any atom is -0.482 e. The zero-order chi connectivity index (χ0) is 22.1. The Kier molecular flexibility index (Phi) is 5.20. The first kappa shape index (κ1) is 20.0. The predicted octanol–water partition coefficient (Wildman–Crippen LogP) is 5.25. The number of nitrogens with zero attached hydrogens (tertiary/aromatic N) is 3. The van der Waals surface area contributed by atoms with Crippen LogP contribution in [0.3, 0.4) is 0 Å². The minimum absolute atomic E-state index is 0.0782. The number of benzene rings is 3. The number of halogens is 2. The topological polar surface area (TPSA) is 77.7 Å². The van der Waals surface area contributed by atoms with Crippen molar-refractivity contribution in [3.63, 3.8) is 0 Å². The Labute approximate surface area is 186 Å². The number of carbonyl (C=O) groups excluding carboxylic acids is 1. The fraction of sp³-hybridized carbons (Fsp3) is 0.0870. The molecule has 0 spiro atoms. The van der Waals surface area contributed by atoms with Crippen molar-refractivity contribution in [2.45, 2.75) is 6.54 Å². The van der Waals surface area contributed by atoms with E-state index in [4.69, 9.17) is 25.6 Å². The van der Waals surface area contributed by atoms with Crippen LogP contribution < -0.4 is 14.4 Å². The van der Waals surface area contributed by atoms with Crippen LogP contribution in [0.5, 0.6) is 17.2 Å². The highest BCUT2D eigenvalue weighted by atomic mass is 35.5. The highest BCUT2D eigenvalue weighted by Crippen LogP contribution is 2.35. The van der Waals surface area contributed by atoms with Crippen LogP contribution in [0.25, 0.3) is 11.4 Å². The molecule has 0 saturated heterocycles. The summed E-state index contributed by atoms with van der Waals surface area (Å²) in [6, 6.07) is 17.9. The Morgan fingerprint density at radius 2 is 1.75 bits per heavy atom. The second kappa shape index (κ2) is 8.32. The molecule has 5 rings (SSSR count). The monoisotopic (exact) mass is 451 g/mol. The Morgan fingerprint density at radius 1 is 1.03 bits per heavy atom. The minimum atomic E-state index is -0.328. The first-order chi connectivity index (χ1) is 15.5. The lowest BCUT2D eigenvalue weighted by Gasteiger charge is -2.28. The maximum absolute atomic E-state index is 13.0. The summed E-state index contributed by atoms with van der Waals surface area (Å²) in [4.78, 5) is 18.3. The molecule has 1 aromatic heterocycles. The second-order valence-electron chi connectivity index (χ2n) is 6.97. The first-order valence-electron chi connectivity index (χ1n) is 9.64. The van der Waals surface area contributed by atoms with Gasteiger partial charge in [0.05, 0.1) is 5.69 Å². The average Bonchev–Trinajstić information content (AvgIpc) is 3.27. The summed E-state index contributed by atoms with van der Waals surface area (Å²) in [5.41, 5.74) is 1.26. The first-order valence-corrected chi connectivity index (χ1v) is 10.0. The summed E-state index contributed by atoms with van der Waals surface area (Å²) in [6.07, 6.45) is 0. The molecule has 2 heterocycles. The highest BCUT2D eigenvalue weighted by Gasteiger charge is 2.27. The van der Waals surface area contributed by atoms with Crippen LogP contribution in [-0.2, 0) is 11.3 Å². The number of anilines is 1. The van der Waals surface area contributed by atoms with E-state index in [1.165, 1.54) is 17.0 Å². The summed E-state index contributed by atoms with van der Waals surface area (Å²) in [5, 5.41) is 4.50. The standard InChI is InChI=1S/C23H15ClFN3O4/c24-15-3-10-20-19(11-15)28(22(29)13-30-20)12-21-26-23(27-32-21)14-1-6-17(7-2-14)31-18-8-4-16(25)5-9-18/h1-11H,12-13H2. The summed E-state index contributed by atoms with van der Waals surface area (Å²) in [7, 11) is 0. The molecule has 0 bridgehead atoms. The van der Waals surface area contributed by atoms with Crippen molar-refractivity contribution in [3.05, 3.63) is 83.5 Å². The van der Waals surface area contributed by atoms with Gasteiger partial charge in [0.1, 0.15) is 29.6 Å². The molecule has 7 nitrogen and oxygen atoms in total. The SMILES string of the molecule is O=C1COc2ccc(Cl)cc2N1Cc1nc(-c2ccc(Oc3ccc(F)cc3)cc2)no1. The Hall–Kier alpha value is -3.91. The number of hydrogen-bond donors (Lipinski definition) is 0. The summed E-state index contributed by atoms with van der Waals surface area (Å²) >= 11 is 6.08. The van der Waals surface area contributed by atoms with Gasteiger partial charge in [-0.25, -0.2) is 4.39 Å². The molecule has 0 N–H and O–H groups in total. The lowest BCUT2D eigenvalue weighted by molar-refractivity contribution is -0.121. The fourth-order valence-electron chi connectivity index (χ4n) is 3.23. The molecule has 0 atom stereocenters. The quantitative estimate of drug-likeness (QED) is 0.412. The number of carbonyl (C=O) groups is 1. The van der Waals surface area contributed by atoms with Gasteiger partial charge in [-0.15, -0.1) is 0 Å². The maximum atomic E-state index is 13.0. The van der Waals surface area contributed by atoms with Crippen molar-refractivity contribution in [2.75, 3.05) is 11.5 Å². The van der Waals surface area contributed by atoms with Crippen LogP contribution in [0.15, 0.2) is 71.3 Å². The molecule has 1 aliphatic heterocycles. The van der Waals surface area contributed by atoms with Gasteiger partial charge in [0, 0.05) is 10.6 Å². The Balaban J connectivity index is 1.31. The van der Waals surface area contributed by atoms with Gasteiger partial charge in [0.2, 0.25) is 11.7 Å². The third-order valence-corrected chi connectivity index (χ3v) is 5.02. The van der Waals surface area contributed by atoms with E-state index >= 15 is 0 Å². The van der Waals surface area contributed by atoms with Crippen LogP contribution in [-0.4, -0.2) is 22.7 Å². The summed E-state index contributed by atoms with van der Waals surface area (Å²) in [5.74, 6) is 1.75. The zero-order valence-electron chi connectivity index (χ0n) is 16.5. The maximum Gasteiger partial charge on any atom is 0.265 e. The summed E-state index contributed by atoms with van der Waals surface area (Å²) < 4.78 is 29.5. The van der Waals surface area contributed by atoms with Gasteiger partial charge < -0.3 is 14.0 Å². The Bertz CT molecular complexity index is 1280. The third kappa shape index (κ3) is 4.13. The normalized spacial score (nSPS) is 12.9. The molecule has 9 heteroatoms. The van der Waals surface area contributed by atoms with Gasteiger partial charge in [0.15, 0.2) is 6.61 Å². The molecule has 4 aromatic rings. The van der Waals surface area contributed by atoms with E-state index in [1.54, 1.807) is 54.6 Å². The molecule has 0 fully saturated rings.